The van der Waals surface area contributed by atoms with Crippen molar-refractivity contribution in [3.63, 3.8) is 0 Å². The highest BCUT2D eigenvalue weighted by Crippen LogP contribution is 2.25. The maximum Gasteiger partial charge on any atom is 0.242 e. The third-order valence-electron chi connectivity index (χ3n) is 3.10. The smallest absolute Gasteiger partial charge is 0.242 e. The van der Waals surface area contributed by atoms with Gasteiger partial charge in [0.15, 0.2) is 0 Å². The van der Waals surface area contributed by atoms with E-state index in [1.165, 1.54) is 27.3 Å². The Kier molecular flexibility index (Phi) is 6.37. The third kappa shape index (κ3) is 4.71. The summed E-state index contributed by atoms with van der Waals surface area (Å²) >= 11 is 0. The highest BCUT2D eigenvalue weighted by molar-refractivity contribution is 7.89. The molecule has 0 saturated heterocycles. The lowest BCUT2D eigenvalue weighted by Gasteiger charge is -2.15. The molecule has 1 amide bonds. The first kappa shape index (κ1) is 18.4. The number of hydrogen-bond donors (Lipinski definition) is 1. The minimum atomic E-state index is -3.50. The molecular formula is C15H24N2O4S. The first-order valence-corrected chi connectivity index (χ1v) is 8.51. The molecule has 0 heterocycles. The fraction of sp³-hybridized carbons (Fsp3) is 0.533. The van der Waals surface area contributed by atoms with E-state index in [0.29, 0.717) is 17.7 Å². The summed E-state index contributed by atoms with van der Waals surface area (Å²) in [4.78, 5) is 11.9. The molecule has 22 heavy (non-hydrogen) atoms. The third-order valence-corrected chi connectivity index (χ3v) is 4.91. The van der Waals surface area contributed by atoms with Crippen LogP contribution in [-0.4, -0.2) is 45.9 Å². The van der Waals surface area contributed by atoms with Gasteiger partial charge in [0.05, 0.1) is 12.0 Å². The average Bonchev–Trinajstić information content (AvgIpc) is 2.43. The summed E-state index contributed by atoms with van der Waals surface area (Å²) in [5.74, 6) is 0.507. The fourth-order valence-corrected chi connectivity index (χ4v) is 2.92. The van der Waals surface area contributed by atoms with Crippen LogP contribution in [0.4, 0.5) is 0 Å². The topological polar surface area (TPSA) is 75.7 Å². The van der Waals surface area contributed by atoms with Crippen LogP contribution >= 0.6 is 0 Å². The van der Waals surface area contributed by atoms with Crippen LogP contribution in [0.3, 0.4) is 0 Å². The van der Waals surface area contributed by atoms with Crippen molar-refractivity contribution in [1.82, 2.24) is 9.62 Å². The van der Waals surface area contributed by atoms with Crippen LogP contribution in [0.1, 0.15) is 25.8 Å². The van der Waals surface area contributed by atoms with Crippen molar-refractivity contribution in [2.24, 2.45) is 0 Å². The molecule has 0 saturated carbocycles. The quantitative estimate of drug-likeness (QED) is 0.821. The Morgan fingerprint density at radius 1 is 1.32 bits per heavy atom. The van der Waals surface area contributed by atoms with Crippen molar-refractivity contribution in [3.8, 4) is 5.75 Å². The van der Waals surface area contributed by atoms with Gasteiger partial charge in [0.2, 0.25) is 15.9 Å². The zero-order valence-electron chi connectivity index (χ0n) is 13.7. The summed E-state index contributed by atoms with van der Waals surface area (Å²) in [6, 6.07) is 4.77. The number of hydrogen-bond acceptors (Lipinski definition) is 4. The second-order valence-corrected chi connectivity index (χ2v) is 7.64. The maximum atomic E-state index is 12.2. The lowest BCUT2D eigenvalue weighted by Crippen LogP contribution is -2.30. The van der Waals surface area contributed by atoms with Crippen LogP contribution in [0.5, 0.6) is 5.75 Å². The minimum Gasteiger partial charge on any atom is -0.496 e. The Balaban J connectivity index is 3.00. The number of aryl methyl sites for hydroxylation is 1. The van der Waals surface area contributed by atoms with Crippen molar-refractivity contribution >= 4 is 15.9 Å². The van der Waals surface area contributed by atoms with Gasteiger partial charge in [-0.1, -0.05) is 0 Å². The molecule has 1 rings (SSSR count). The Morgan fingerprint density at radius 2 is 1.95 bits per heavy atom. The van der Waals surface area contributed by atoms with Crippen LogP contribution in [0.2, 0.25) is 0 Å². The number of nitrogens with one attached hydrogen (secondary N) is 1. The molecule has 0 unspecified atom stereocenters. The first-order valence-electron chi connectivity index (χ1n) is 7.07. The van der Waals surface area contributed by atoms with E-state index in [9.17, 15) is 13.2 Å². The summed E-state index contributed by atoms with van der Waals surface area (Å²) in [5, 5.41) is 2.81. The molecule has 1 N–H and O–H groups in total. The SMILES string of the molecule is COc1ccc(S(=O)(=O)N(C)C)cc1CCC(=O)NC(C)C. The summed E-state index contributed by atoms with van der Waals surface area (Å²) in [7, 11) is 0.979. The van der Waals surface area contributed by atoms with Gasteiger partial charge in [-0.2, -0.15) is 0 Å². The van der Waals surface area contributed by atoms with Crippen LogP contribution < -0.4 is 10.1 Å². The van der Waals surface area contributed by atoms with Crippen molar-refractivity contribution in [2.75, 3.05) is 21.2 Å². The van der Waals surface area contributed by atoms with E-state index >= 15 is 0 Å². The van der Waals surface area contributed by atoms with E-state index in [0.717, 1.165) is 4.31 Å². The fourth-order valence-electron chi connectivity index (χ4n) is 1.96. The van der Waals surface area contributed by atoms with Gasteiger partial charge in [-0.15, -0.1) is 0 Å². The van der Waals surface area contributed by atoms with Crippen LogP contribution in [0.25, 0.3) is 0 Å². The van der Waals surface area contributed by atoms with E-state index in [4.69, 9.17) is 4.74 Å². The maximum absolute atomic E-state index is 12.2. The Bertz CT molecular complexity index is 624. The van der Waals surface area contributed by atoms with Gasteiger partial charge in [-0.25, -0.2) is 12.7 Å². The first-order chi connectivity index (χ1) is 10.2. The van der Waals surface area contributed by atoms with Gasteiger partial charge in [-0.3, -0.25) is 4.79 Å². The van der Waals surface area contributed by atoms with Gasteiger partial charge in [0.25, 0.3) is 0 Å². The monoisotopic (exact) mass is 328 g/mol. The molecule has 7 heteroatoms. The van der Waals surface area contributed by atoms with Gasteiger partial charge >= 0.3 is 0 Å². The van der Waals surface area contributed by atoms with E-state index in [2.05, 4.69) is 5.32 Å². The highest BCUT2D eigenvalue weighted by Gasteiger charge is 2.19. The number of sulfonamides is 1. The van der Waals surface area contributed by atoms with E-state index < -0.39 is 10.0 Å². The Morgan fingerprint density at radius 3 is 2.45 bits per heavy atom. The number of ether oxygens (including phenoxy) is 1. The van der Waals surface area contributed by atoms with Crippen molar-refractivity contribution in [2.45, 2.75) is 37.6 Å². The van der Waals surface area contributed by atoms with Gasteiger partial charge < -0.3 is 10.1 Å². The van der Waals surface area contributed by atoms with Crippen molar-refractivity contribution < 1.29 is 17.9 Å². The molecule has 0 spiro atoms. The number of amides is 1. The molecule has 1 aromatic rings. The largest absolute Gasteiger partial charge is 0.496 e. The van der Waals surface area contributed by atoms with Gasteiger partial charge in [0, 0.05) is 26.6 Å². The van der Waals surface area contributed by atoms with E-state index in [1.807, 2.05) is 13.8 Å². The summed E-state index contributed by atoms with van der Waals surface area (Å²) in [5.41, 5.74) is 0.698. The molecular weight excluding hydrogens is 304 g/mol. The number of benzene rings is 1. The second-order valence-electron chi connectivity index (χ2n) is 5.48. The average molecular weight is 328 g/mol. The summed E-state index contributed by atoms with van der Waals surface area (Å²) < 4.78 is 30.8. The molecule has 0 aliphatic carbocycles. The molecule has 124 valence electrons. The molecule has 0 radical (unpaired) electrons. The molecule has 0 aliphatic rings. The minimum absolute atomic E-state index is 0.0714. The van der Waals surface area contributed by atoms with Crippen molar-refractivity contribution in [3.05, 3.63) is 23.8 Å². The Labute approximate surface area is 132 Å². The standard InChI is InChI=1S/C15H24N2O4S/c1-11(2)16-15(18)9-6-12-10-13(7-8-14(12)21-5)22(19,20)17(3)4/h7-8,10-11H,6,9H2,1-5H3,(H,16,18). The predicted octanol–water partition coefficient (Wildman–Crippen LogP) is 1.40. The summed E-state index contributed by atoms with van der Waals surface area (Å²) in [6.45, 7) is 3.78. The lowest BCUT2D eigenvalue weighted by atomic mass is 10.1. The molecule has 6 nitrogen and oxygen atoms in total. The van der Waals surface area contributed by atoms with Gasteiger partial charge in [-0.05, 0) is 44.0 Å². The normalized spacial score (nSPS) is 11.8. The zero-order chi connectivity index (χ0) is 16.9. The molecule has 0 aromatic heterocycles. The van der Waals surface area contributed by atoms with Crippen LogP contribution in [-0.2, 0) is 21.2 Å². The van der Waals surface area contributed by atoms with E-state index in [1.54, 1.807) is 12.1 Å². The molecule has 1 aromatic carbocycles. The van der Waals surface area contributed by atoms with Gasteiger partial charge in [0.1, 0.15) is 5.75 Å². The zero-order valence-corrected chi connectivity index (χ0v) is 14.5. The highest BCUT2D eigenvalue weighted by atomic mass is 32.2. The molecule has 0 fully saturated rings. The molecule has 0 aliphatic heterocycles. The second kappa shape index (κ2) is 7.60. The Hall–Kier alpha value is -1.60. The molecule has 0 bridgehead atoms. The lowest BCUT2D eigenvalue weighted by molar-refractivity contribution is -0.121. The summed E-state index contributed by atoms with van der Waals surface area (Å²) in [6.07, 6.45) is 0.693. The number of carbonyl (C=O) groups is 1. The van der Waals surface area contributed by atoms with Crippen LogP contribution in [0.15, 0.2) is 23.1 Å². The van der Waals surface area contributed by atoms with E-state index in [-0.39, 0.29) is 23.3 Å². The number of nitrogens with zero attached hydrogens (tertiary/aromatic N) is 1. The van der Waals surface area contributed by atoms with Crippen molar-refractivity contribution in [1.29, 1.82) is 0 Å². The van der Waals surface area contributed by atoms with Crippen LogP contribution in [0, 0.1) is 0 Å². The molecule has 0 atom stereocenters. The predicted molar refractivity (Wildman–Crippen MR) is 85.5 cm³/mol. The number of carbonyl (C=O) groups excluding carboxylic acids is 1. The number of methoxy groups -OCH3 is 1. The number of rotatable bonds is 7.